The number of likely N-dealkylation sites (N-methyl/N-ethyl adjacent to an activating group) is 1. The van der Waals surface area contributed by atoms with Crippen LogP contribution in [0.1, 0.15) is 33.6 Å². The first kappa shape index (κ1) is 13.0. The minimum absolute atomic E-state index is 0.0443. The van der Waals surface area contributed by atoms with Gasteiger partial charge in [-0.05, 0) is 0 Å². The Kier molecular flexibility index (Phi) is 4.09. The van der Waals surface area contributed by atoms with E-state index in [1.54, 1.807) is 20.0 Å². The molecule has 1 aromatic rings. The lowest BCUT2D eigenvalue weighted by Gasteiger charge is -2.12. The monoisotopic (exact) mass is 237 g/mol. The number of carbonyl (C=O) groups is 2. The summed E-state index contributed by atoms with van der Waals surface area (Å²) in [5.41, 5.74) is 0.0443. The lowest BCUT2D eigenvalue weighted by molar-refractivity contribution is 0.0693. The molecular formula is C12H15NO4. The van der Waals surface area contributed by atoms with Gasteiger partial charge in [0.1, 0.15) is 11.3 Å². The van der Waals surface area contributed by atoms with Gasteiger partial charge in [0.2, 0.25) is 0 Å². The van der Waals surface area contributed by atoms with Gasteiger partial charge in [-0.25, -0.2) is 4.79 Å². The first-order chi connectivity index (χ1) is 8.01. The first-order valence-electron chi connectivity index (χ1n) is 5.23. The van der Waals surface area contributed by atoms with Crippen molar-refractivity contribution in [3.8, 4) is 0 Å². The molecule has 0 bridgehead atoms. The molecule has 5 nitrogen and oxygen atoms in total. The highest BCUT2D eigenvalue weighted by Gasteiger charge is 2.21. The minimum atomic E-state index is -1.09. The van der Waals surface area contributed by atoms with E-state index >= 15 is 0 Å². The molecule has 0 atom stereocenters. The van der Waals surface area contributed by atoms with Gasteiger partial charge in [-0.3, -0.25) is 4.79 Å². The van der Waals surface area contributed by atoms with Gasteiger partial charge in [0.05, 0.1) is 0 Å². The summed E-state index contributed by atoms with van der Waals surface area (Å²) in [6.07, 6.45) is 2.01. The van der Waals surface area contributed by atoms with E-state index in [0.717, 1.165) is 0 Å². The third-order valence-electron chi connectivity index (χ3n) is 2.32. The summed E-state index contributed by atoms with van der Waals surface area (Å²) in [7, 11) is 1.60. The van der Waals surface area contributed by atoms with E-state index in [0.29, 0.717) is 18.7 Å². The van der Waals surface area contributed by atoms with E-state index in [4.69, 9.17) is 9.52 Å². The van der Waals surface area contributed by atoms with Gasteiger partial charge in [0, 0.05) is 26.1 Å². The van der Waals surface area contributed by atoms with Gasteiger partial charge in [0.15, 0.2) is 5.76 Å². The first-order valence-corrected chi connectivity index (χ1v) is 5.23. The SMILES string of the molecule is C=CCN(C)C(=O)c1cc(C(=O)O)c(CC)o1. The van der Waals surface area contributed by atoms with E-state index in [-0.39, 0.29) is 17.2 Å². The van der Waals surface area contributed by atoms with Crippen LogP contribution in [0.4, 0.5) is 0 Å². The van der Waals surface area contributed by atoms with Crippen molar-refractivity contribution >= 4 is 11.9 Å². The Labute approximate surface area is 99.3 Å². The van der Waals surface area contributed by atoms with Gasteiger partial charge in [0.25, 0.3) is 5.91 Å². The molecule has 1 aromatic heterocycles. The molecule has 0 saturated heterocycles. The molecule has 0 saturated carbocycles. The number of hydrogen-bond acceptors (Lipinski definition) is 3. The second-order valence-corrected chi connectivity index (χ2v) is 3.58. The lowest BCUT2D eigenvalue weighted by Crippen LogP contribution is -2.26. The molecule has 1 heterocycles. The second kappa shape index (κ2) is 5.34. The molecule has 0 aromatic carbocycles. The van der Waals surface area contributed by atoms with Crippen LogP contribution < -0.4 is 0 Å². The number of carboxylic acids is 1. The topological polar surface area (TPSA) is 70.8 Å². The van der Waals surface area contributed by atoms with E-state index in [1.165, 1.54) is 11.0 Å². The molecule has 0 aliphatic heterocycles. The van der Waals surface area contributed by atoms with E-state index < -0.39 is 5.97 Å². The highest BCUT2D eigenvalue weighted by molar-refractivity contribution is 5.96. The van der Waals surface area contributed by atoms with Crippen LogP contribution in [0.2, 0.25) is 0 Å². The van der Waals surface area contributed by atoms with Gasteiger partial charge in [-0.15, -0.1) is 6.58 Å². The molecule has 0 unspecified atom stereocenters. The van der Waals surface area contributed by atoms with Crippen LogP contribution in [-0.4, -0.2) is 35.5 Å². The Balaban J connectivity index is 3.03. The predicted octanol–water partition coefficient (Wildman–Crippen LogP) is 1.80. The third-order valence-corrected chi connectivity index (χ3v) is 2.32. The molecule has 0 aliphatic carbocycles. The van der Waals surface area contributed by atoms with Crippen LogP contribution in [0.3, 0.4) is 0 Å². The molecular weight excluding hydrogens is 222 g/mol. The average Bonchev–Trinajstić information content (AvgIpc) is 2.72. The largest absolute Gasteiger partial charge is 0.478 e. The maximum atomic E-state index is 11.8. The Morgan fingerprint density at radius 2 is 2.24 bits per heavy atom. The zero-order valence-corrected chi connectivity index (χ0v) is 9.90. The van der Waals surface area contributed by atoms with Crippen LogP contribution >= 0.6 is 0 Å². The van der Waals surface area contributed by atoms with Gasteiger partial charge < -0.3 is 14.4 Å². The smallest absolute Gasteiger partial charge is 0.339 e. The Morgan fingerprint density at radius 1 is 1.59 bits per heavy atom. The summed E-state index contributed by atoms with van der Waals surface area (Å²) in [4.78, 5) is 24.1. The molecule has 0 spiro atoms. The van der Waals surface area contributed by atoms with Gasteiger partial charge >= 0.3 is 5.97 Å². The molecule has 1 N–H and O–H groups in total. The fraction of sp³-hybridized carbons (Fsp3) is 0.333. The molecule has 17 heavy (non-hydrogen) atoms. The van der Waals surface area contributed by atoms with Crippen molar-refractivity contribution < 1.29 is 19.1 Å². The minimum Gasteiger partial charge on any atom is -0.478 e. The van der Waals surface area contributed by atoms with Crippen molar-refractivity contribution in [2.24, 2.45) is 0 Å². The number of aryl methyl sites for hydroxylation is 1. The quantitative estimate of drug-likeness (QED) is 0.792. The molecule has 0 fully saturated rings. The number of amides is 1. The van der Waals surface area contributed by atoms with Crippen molar-refractivity contribution in [2.45, 2.75) is 13.3 Å². The number of aromatic carboxylic acids is 1. The summed E-state index contributed by atoms with van der Waals surface area (Å²) in [6, 6.07) is 1.27. The summed E-state index contributed by atoms with van der Waals surface area (Å²) in [6.45, 7) is 5.67. The molecule has 0 aliphatic rings. The molecule has 0 radical (unpaired) electrons. The lowest BCUT2D eigenvalue weighted by atomic mass is 10.2. The third kappa shape index (κ3) is 2.75. The zero-order valence-electron chi connectivity index (χ0n) is 9.90. The summed E-state index contributed by atoms with van der Waals surface area (Å²) < 4.78 is 5.25. The van der Waals surface area contributed by atoms with Crippen LogP contribution in [-0.2, 0) is 6.42 Å². The molecule has 1 amide bonds. The van der Waals surface area contributed by atoms with Crippen molar-refractivity contribution in [2.75, 3.05) is 13.6 Å². The number of hydrogen-bond donors (Lipinski definition) is 1. The van der Waals surface area contributed by atoms with Crippen molar-refractivity contribution in [3.63, 3.8) is 0 Å². The fourth-order valence-electron chi connectivity index (χ4n) is 1.44. The molecule has 5 heteroatoms. The Morgan fingerprint density at radius 3 is 2.65 bits per heavy atom. The predicted molar refractivity (Wildman–Crippen MR) is 62.2 cm³/mol. The van der Waals surface area contributed by atoms with Crippen LogP contribution in [0.15, 0.2) is 23.1 Å². The summed E-state index contributed by atoms with van der Waals surface area (Å²) >= 11 is 0. The maximum absolute atomic E-state index is 11.8. The number of carboxylic acid groups (broad SMARTS) is 1. The molecule has 92 valence electrons. The fourth-order valence-corrected chi connectivity index (χ4v) is 1.44. The molecule has 1 rings (SSSR count). The van der Waals surface area contributed by atoms with E-state index in [2.05, 4.69) is 6.58 Å². The summed E-state index contributed by atoms with van der Waals surface area (Å²) in [5.74, 6) is -1.08. The van der Waals surface area contributed by atoms with E-state index in [1.807, 2.05) is 0 Å². The van der Waals surface area contributed by atoms with Gasteiger partial charge in [-0.1, -0.05) is 13.0 Å². The number of rotatable bonds is 5. The van der Waals surface area contributed by atoms with Crippen LogP contribution in [0, 0.1) is 0 Å². The van der Waals surface area contributed by atoms with Crippen LogP contribution in [0.25, 0.3) is 0 Å². The highest BCUT2D eigenvalue weighted by Crippen LogP contribution is 2.17. The van der Waals surface area contributed by atoms with Crippen molar-refractivity contribution in [1.29, 1.82) is 0 Å². The van der Waals surface area contributed by atoms with Crippen LogP contribution in [0.5, 0.6) is 0 Å². The number of furan rings is 1. The maximum Gasteiger partial charge on any atom is 0.339 e. The second-order valence-electron chi connectivity index (χ2n) is 3.58. The van der Waals surface area contributed by atoms with Gasteiger partial charge in [-0.2, -0.15) is 0 Å². The highest BCUT2D eigenvalue weighted by atomic mass is 16.4. The zero-order chi connectivity index (χ0) is 13.0. The standard InChI is InChI=1S/C12H15NO4/c1-4-6-13(3)11(14)10-7-8(12(15)16)9(5-2)17-10/h4,7H,1,5-6H2,2-3H3,(H,15,16). The summed E-state index contributed by atoms with van der Waals surface area (Å²) in [5, 5.41) is 8.93. The number of nitrogens with zero attached hydrogens (tertiary/aromatic N) is 1. The average molecular weight is 237 g/mol. The normalized spacial score (nSPS) is 10.0. The van der Waals surface area contributed by atoms with Crippen molar-refractivity contribution in [1.82, 2.24) is 4.90 Å². The number of carbonyl (C=O) groups excluding carboxylic acids is 1. The Hall–Kier alpha value is -2.04. The van der Waals surface area contributed by atoms with E-state index in [9.17, 15) is 9.59 Å². The van der Waals surface area contributed by atoms with Crippen molar-refractivity contribution in [3.05, 3.63) is 35.8 Å². The Bertz CT molecular complexity index is 447.